The highest BCUT2D eigenvalue weighted by atomic mass is 32.2. The summed E-state index contributed by atoms with van der Waals surface area (Å²) < 4.78 is 82.6. The van der Waals surface area contributed by atoms with Crippen LogP contribution < -0.4 is 20.7 Å². The number of hydrogen-bond donors (Lipinski definition) is 1. The van der Waals surface area contributed by atoms with Gasteiger partial charge < -0.3 is 14.2 Å². The zero-order chi connectivity index (χ0) is 32.9. The van der Waals surface area contributed by atoms with Crippen LogP contribution in [0.2, 0.25) is 0 Å². The summed E-state index contributed by atoms with van der Waals surface area (Å²) in [5.41, 5.74) is -6.46. The van der Waals surface area contributed by atoms with Gasteiger partial charge in [0.05, 0.1) is 18.5 Å². The first kappa shape index (κ1) is 34.2. The summed E-state index contributed by atoms with van der Waals surface area (Å²) in [6, 6.07) is 13.4. The third-order valence-corrected chi connectivity index (χ3v) is 9.75. The van der Waals surface area contributed by atoms with Gasteiger partial charge in [0, 0.05) is 29.0 Å². The summed E-state index contributed by atoms with van der Waals surface area (Å²) in [5.74, 6) is -0.475. The second-order valence-corrected chi connectivity index (χ2v) is 12.9. The smallest absolute Gasteiger partial charge is 0.468 e. The lowest BCUT2D eigenvalue weighted by molar-refractivity contribution is -0.143. The first-order valence-corrected chi connectivity index (χ1v) is 16.7. The molecule has 4 aromatic rings. The number of carbonyl (C=O) groups is 1. The Morgan fingerprint density at radius 2 is 1.76 bits per heavy atom. The van der Waals surface area contributed by atoms with Gasteiger partial charge in [-0.25, -0.2) is 22.5 Å². The van der Waals surface area contributed by atoms with Crippen LogP contribution in [0.15, 0.2) is 63.0 Å². The number of aromatic nitrogens is 2. The molecule has 0 atom stereocenters. The van der Waals surface area contributed by atoms with E-state index in [2.05, 4.69) is 0 Å². The van der Waals surface area contributed by atoms with Gasteiger partial charge in [0.15, 0.2) is 6.79 Å². The van der Waals surface area contributed by atoms with E-state index < -0.39 is 45.8 Å². The van der Waals surface area contributed by atoms with Gasteiger partial charge in [-0.1, -0.05) is 18.2 Å². The van der Waals surface area contributed by atoms with E-state index >= 15 is 0 Å². The van der Waals surface area contributed by atoms with Crippen molar-refractivity contribution in [1.29, 1.82) is 0 Å². The van der Waals surface area contributed by atoms with Crippen LogP contribution in [-0.4, -0.2) is 55.8 Å². The number of carbonyl (C=O) groups excluding carboxylic acids is 1. The molecule has 0 saturated carbocycles. The number of thioether (sulfide) groups is 1. The number of fused-ring (bicyclic) bond motifs is 1. The highest BCUT2D eigenvalue weighted by Crippen LogP contribution is 2.38. The number of benzene rings is 2. The van der Waals surface area contributed by atoms with E-state index in [1.807, 2.05) is 18.4 Å². The van der Waals surface area contributed by atoms with Gasteiger partial charge >= 0.3 is 27.2 Å². The quantitative estimate of drug-likeness (QED) is 0.125. The highest BCUT2D eigenvalue weighted by molar-refractivity contribution is 7.98. The minimum atomic E-state index is -5.82. The summed E-state index contributed by atoms with van der Waals surface area (Å²) >= 11 is 2.35. The molecule has 0 unspecified atom stereocenters. The summed E-state index contributed by atoms with van der Waals surface area (Å²) in [7, 11) is -4.38. The molecule has 2 aromatic heterocycles. The number of esters is 1. The monoisotopic (exact) mass is 687 g/mol. The van der Waals surface area contributed by atoms with Gasteiger partial charge in [-0.2, -0.15) is 13.2 Å². The van der Waals surface area contributed by atoms with E-state index in [0.717, 1.165) is 16.2 Å². The number of rotatable bonds is 13. The maximum Gasteiger partial charge on any atom is 0.511 e. The molecule has 0 aliphatic heterocycles. The number of thiophene rings is 1. The molecule has 4 rings (SSSR count). The highest BCUT2D eigenvalue weighted by Gasteiger charge is 2.45. The Kier molecular flexibility index (Phi) is 10.8. The largest absolute Gasteiger partial charge is 0.511 e. The summed E-state index contributed by atoms with van der Waals surface area (Å²) in [5, 5.41) is -0.217. The maximum absolute atomic E-state index is 13.9. The topological polar surface area (TPSA) is 135 Å². The molecule has 0 aliphatic rings. The van der Waals surface area contributed by atoms with Crippen molar-refractivity contribution >= 4 is 49.3 Å². The number of alkyl halides is 3. The predicted octanol–water partition coefficient (Wildman–Crippen LogP) is 4.15. The molecule has 11 nitrogen and oxygen atoms in total. The fraction of sp³-hybridized carbons (Fsp3) is 0.321. The van der Waals surface area contributed by atoms with E-state index in [4.69, 9.17) is 14.2 Å². The van der Waals surface area contributed by atoms with Crippen LogP contribution >= 0.6 is 23.1 Å². The van der Waals surface area contributed by atoms with Crippen molar-refractivity contribution in [2.24, 2.45) is 0 Å². The zero-order valence-electron chi connectivity index (χ0n) is 24.2. The number of hydrogen-bond acceptors (Lipinski definition) is 10. The van der Waals surface area contributed by atoms with Gasteiger partial charge in [-0.15, -0.1) is 23.1 Å². The Balaban J connectivity index is 2.03. The summed E-state index contributed by atoms with van der Waals surface area (Å²) in [4.78, 5) is 41.3. The van der Waals surface area contributed by atoms with Crippen LogP contribution in [0.5, 0.6) is 5.75 Å². The molecular formula is C28H28F3N3O8S3. The molecule has 0 saturated heterocycles. The van der Waals surface area contributed by atoms with E-state index in [-0.39, 0.29) is 40.6 Å². The minimum absolute atomic E-state index is 0.0255. The second kappa shape index (κ2) is 14.2. The molecule has 45 heavy (non-hydrogen) atoms. The van der Waals surface area contributed by atoms with E-state index in [0.29, 0.717) is 21.4 Å². The molecule has 0 spiro atoms. The van der Waals surface area contributed by atoms with Crippen molar-refractivity contribution in [2.45, 2.75) is 37.0 Å². The Bertz CT molecular complexity index is 1920. The van der Waals surface area contributed by atoms with Crippen LogP contribution in [0.3, 0.4) is 0 Å². The van der Waals surface area contributed by atoms with Crippen molar-refractivity contribution in [3.8, 4) is 16.2 Å². The number of ether oxygens (including phenoxy) is 3. The molecule has 0 fully saturated rings. The molecule has 2 aromatic carbocycles. The molecular weight excluding hydrogens is 660 g/mol. The Morgan fingerprint density at radius 3 is 2.38 bits per heavy atom. The molecule has 2 heterocycles. The number of halogens is 3. The van der Waals surface area contributed by atoms with Gasteiger partial charge in [0.1, 0.15) is 17.1 Å². The summed E-state index contributed by atoms with van der Waals surface area (Å²) in [6.45, 7) is -0.293. The molecule has 0 bridgehead atoms. The third-order valence-electron chi connectivity index (χ3n) is 6.47. The van der Waals surface area contributed by atoms with Gasteiger partial charge in [-0.05, 0) is 54.6 Å². The zero-order valence-corrected chi connectivity index (χ0v) is 26.6. The normalized spacial score (nSPS) is 12.0. The van der Waals surface area contributed by atoms with Crippen molar-refractivity contribution in [3.63, 3.8) is 0 Å². The molecule has 0 radical (unpaired) electrons. The molecule has 242 valence electrons. The van der Waals surface area contributed by atoms with Crippen LogP contribution in [0.1, 0.15) is 18.1 Å². The second-order valence-electron chi connectivity index (χ2n) is 9.31. The molecule has 17 heteroatoms. The first-order valence-electron chi connectivity index (χ1n) is 13.2. The number of methoxy groups -OCH3 is 1. The molecule has 0 amide bonds. The van der Waals surface area contributed by atoms with E-state index in [1.165, 1.54) is 28.2 Å². The van der Waals surface area contributed by atoms with Crippen LogP contribution in [-0.2, 0) is 43.9 Å². The Labute approximate surface area is 263 Å². The van der Waals surface area contributed by atoms with Crippen molar-refractivity contribution in [3.05, 3.63) is 80.5 Å². The van der Waals surface area contributed by atoms with E-state index in [9.17, 15) is 36.0 Å². The minimum Gasteiger partial charge on any atom is -0.468 e. The van der Waals surface area contributed by atoms with Gasteiger partial charge in [0.25, 0.3) is 5.56 Å². The molecule has 0 aliphatic carbocycles. The lowest BCUT2D eigenvalue weighted by Crippen LogP contribution is -2.42. The van der Waals surface area contributed by atoms with Gasteiger partial charge in [0.2, 0.25) is 0 Å². The number of sulfonamides is 1. The average molecular weight is 688 g/mol. The lowest BCUT2D eigenvalue weighted by atomic mass is 10.1. The summed E-state index contributed by atoms with van der Waals surface area (Å²) in [6.07, 6.45) is 1.84. The van der Waals surface area contributed by atoms with Crippen LogP contribution in [0, 0.1) is 0 Å². The predicted molar refractivity (Wildman–Crippen MR) is 164 cm³/mol. The van der Waals surface area contributed by atoms with Gasteiger partial charge in [-0.3, -0.25) is 14.2 Å². The number of nitrogens with one attached hydrogen (secondary N) is 1. The van der Waals surface area contributed by atoms with Crippen molar-refractivity contribution in [1.82, 2.24) is 13.9 Å². The Morgan fingerprint density at radius 1 is 1.07 bits per heavy atom. The Hall–Kier alpha value is -3.64. The van der Waals surface area contributed by atoms with Crippen molar-refractivity contribution < 1.29 is 40.6 Å². The average Bonchev–Trinajstić information content (AvgIpc) is 3.39. The third kappa shape index (κ3) is 7.44. The van der Waals surface area contributed by atoms with Crippen molar-refractivity contribution in [2.75, 3.05) is 26.8 Å². The lowest BCUT2D eigenvalue weighted by Gasteiger charge is -2.14. The maximum atomic E-state index is 13.9. The number of nitrogens with zero attached hydrogens (tertiary/aromatic N) is 2. The first-order chi connectivity index (χ1) is 21.3. The van der Waals surface area contributed by atoms with Crippen LogP contribution in [0.25, 0.3) is 20.7 Å². The standard InChI is InChI=1S/C28H28F3N3O8S3/c1-4-41-22(35)15-33-25(36)23-20(13-32-45(38,39)28(29,30)31)24(17-9-11-19(12-10-17)42-16-40-2)44-26(23)34(27(33)37)14-18-7-5-6-8-21(18)43-3/h5-12,32H,4,13-16H2,1-3H3. The molecule has 1 N–H and O–H groups in total. The fourth-order valence-electron chi connectivity index (χ4n) is 4.42. The fourth-order valence-corrected chi connectivity index (χ4v) is 6.83. The van der Waals surface area contributed by atoms with E-state index in [1.54, 1.807) is 43.3 Å². The SMILES string of the molecule is CCOC(=O)Cn1c(=O)c2c(CNS(=O)(=O)C(F)(F)F)c(-c3ccc(OCOC)cc3)sc2n(Cc2ccccc2SC)c1=O. The van der Waals surface area contributed by atoms with Crippen LogP contribution in [0.4, 0.5) is 13.2 Å².